The van der Waals surface area contributed by atoms with E-state index in [0.717, 1.165) is 24.2 Å². The maximum Gasteiger partial charge on any atom is 0.244 e. The number of rotatable bonds is 8. The first-order valence-electron chi connectivity index (χ1n) is 9.08. The molecular weight excluding hydrogens is 384 g/mol. The highest BCUT2D eigenvalue weighted by Gasteiger charge is 2.26. The number of hydrogen-bond donors (Lipinski definition) is 1. The molecule has 148 valence electrons. The smallest absolute Gasteiger partial charge is 0.244 e. The minimum absolute atomic E-state index is 0.0183. The average Bonchev–Trinajstić information content (AvgIpc) is 3.19. The van der Waals surface area contributed by atoms with Gasteiger partial charge in [-0.1, -0.05) is 6.07 Å². The summed E-state index contributed by atoms with van der Waals surface area (Å²) in [4.78, 5) is 2.46. The Morgan fingerprint density at radius 1 is 1.30 bits per heavy atom. The monoisotopic (exact) mass is 410 g/mol. The summed E-state index contributed by atoms with van der Waals surface area (Å²) in [5.41, 5.74) is 2.00. The quantitative estimate of drug-likeness (QED) is 0.725. The molecule has 6 nitrogen and oxygen atoms in total. The lowest BCUT2D eigenvalue weighted by atomic mass is 10.1. The largest absolute Gasteiger partial charge is 0.492 e. The van der Waals surface area contributed by atoms with Crippen molar-refractivity contribution in [2.45, 2.75) is 24.8 Å². The molecule has 1 aliphatic heterocycles. The van der Waals surface area contributed by atoms with Crippen molar-refractivity contribution in [3.63, 3.8) is 0 Å². The lowest BCUT2D eigenvalue weighted by molar-refractivity contribution is 0.0173. The van der Waals surface area contributed by atoms with Crippen molar-refractivity contribution in [1.82, 2.24) is 9.62 Å². The number of sulfonamides is 1. The van der Waals surface area contributed by atoms with Gasteiger partial charge in [-0.25, -0.2) is 13.1 Å². The molecule has 3 rings (SSSR count). The Kier molecular flexibility index (Phi) is 6.88. The van der Waals surface area contributed by atoms with Gasteiger partial charge in [0.05, 0.1) is 19.8 Å². The molecule has 8 heteroatoms. The zero-order valence-corrected chi connectivity index (χ0v) is 17.3. The lowest BCUT2D eigenvalue weighted by Crippen LogP contribution is -2.43. The van der Waals surface area contributed by atoms with Crippen LogP contribution in [0.2, 0.25) is 0 Å². The van der Waals surface area contributed by atoms with Gasteiger partial charge in [0.1, 0.15) is 10.6 Å². The molecule has 27 heavy (non-hydrogen) atoms. The summed E-state index contributed by atoms with van der Waals surface area (Å²) in [6.07, 6.45) is 0. The summed E-state index contributed by atoms with van der Waals surface area (Å²) in [5, 5.41) is 4.09. The van der Waals surface area contributed by atoms with Crippen molar-refractivity contribution in [3.05, 3.63) is 46.2 Å². The normalized spacial score (nSPS) is 17.0. The van der Waals surface area contributed by atoms with Crippen LogP contribution in [0.4, 0.5) is 0 Å². The van der Waals surface area contributed by atoms with Crippen molar-refractivity contribution in [2.24, 2.45) is 0 Å². The van der Waals surface area contributed by atoms with Crippen LogP contribution in [-0.4, -0.2) is 52.8 Å². The lowest BCUT2D eigenvalue weighted by Gasteiger charge is -2.34. The second-order valence-electron chi connectivity index (χ2n) is 6.46. The van der Waals surface area contributed by atoms with Gasteiger partial charge in [-0.05, 0) is 53.9 Å². The molecule has 1 unspecified atom stereocenters. The Balaban J connectivity index is 1.81. The fraction of sp³-hybridized carbons (Fsp3) is 0.474. The van der Waals surface area contributed by atoms with E-state index >= 15 is 0 Å². The van der Waals surface area contributed by atoms with Crippen LogP contribution >= 0.6 is 11.3 Å². The van der Waals surface area contributed by atoms with E-state index in [1.807, 2.05) is 25.3 Å². The van der Waals surface area contributed by atoms with Crippen LogP contribution in [0.15, 0.2) is 39.9 Å². The first kappa shape index (κ1) is 20.3. The van der Waals surface area contributed by atoms with E-state index in [1.165, 1.54) is 0 Å². The molecule has 2 heterocycles. The van der Waals surface area contributed by atoms with Gasteiger partial charge in [-0.15, -0.1) is 0 Å². The second-order valence-corrected chi connectivity index (χ2v) is 8.97. The predicted octanol–water partition coefficient (Wildman–Crippen LogP) is 2.81. The summed E-state index contributed by atoms with van der Waals surface area (Å²) in [6.45, 7) is 7.34. The Labute approximate surface area is 165 Å². The maximum absolute atomic E-state index is 13.0. The van der Waals surface area contributed by atoms with E-state index in [2.05, 4.69) is 21.1 Å². The SMILES string of the molecule is CCOc1ccc(C)cc1S(=O)(=O)NCC(c1ccsc1)N1CCOCC1. The second kappa shape index (κ2) is 9.16. The molecule has 1 N–H and O–H groups in total. The summed E-state index contributed by atoms with van der Waals surface area (Å²) < 4.78 is 39.8. The topological polar surface area (TPSA) is 67.9 Å². The molecule has 1 aromatic heterocycles. The van der Waals surface area contributed by atoms with E-state index < -0.39 is 10.0 Å². The minimum atomic E-state index is -3.69. The molecule has 0 bridgehead atoms. The Morgan fingerprint density at radius 3 is 2.74 bits per heavy atom. The highest BCUT2D eigenvalue weighted by atomic mass is 32.2. The number of nitrogens with zero attached hydrogens (tertiary/aromatic N) is 1. The molecule has 0 aliphatic carbocycles. The Bertz CT molecular complexity index is 831. The Hall–Kier alpha value is -1.45. The fourth-order valence-electron chi connectivity index (χ4n) is 3.18. The van der Waals surface area contributed by atoms with Crippen LogP contribution in [0, 0.1) is 6.92 Å². The first-order valence-corrected chi connectivity index (χ1v) is 11.5. The number of benzene rings is 1. The van der Waals surface area contributed by atoms with Gasteiger partial charge >= 0.3 is 0 Å². The van der Waals surface area contributed by atoms with Gasteiger partial charge in [-0.3, -0.25) is 4.90 Å². The van der Waals surface area contributed by atoms with E-state index in [0.29, 0.717) is 32.1 Å². The van der Waals surface area contributed by atoms with Gasteiger partial charge in [-0.2, -0.15) is 11.3 Å². The Morgan fingerprint density at radius 2 is 2.07 bits per heavy atom. The molecule has 1 aromatic carbocycles. The van der Waals surface area contributed by atoms with Crippen molar-refractivity contribution in [3.8, 4) is 5.75 Å². The van der Waals surface area contributed by atoms with Gasteiger partial charge in [0.25, 0.3) is 0 Å². The number of hydrogen-bond acceptors (Lipinski definition) is 6. The van der Waals surface area contributed by atoms with Crippen LogP contribution in [0.25, 0.3) is 0 Å². The van der Waals surface area contributed by atoms with Crippen LogP contribution in [0.1, 0.15) is 24.1 Å². The molecule has 2 aromatic rings. The molecular formula is C19H26N2O4S2. The molecule has 0 spiro atoms. The minimum Gasteiger partial charge on any atom is -0.492 e. The van der Waals surface area contributed by atoms with Gasteiger partial charge < -0.3 is 9.47 Å². The number of morpholine rings is 1. The molecule has 1 fully saturated rings. The number of aryl methyl sites for hydroxylation is 1. The van der Waals surface area contributed by atoms with Crippen LogP contribution in [-0.2, 0) is 14.8 Å². The first-order chi connectivity index (χ1) is 13.0. The van der Waals surface area contributed by atoms with E-state index in [9.17, 15) is 8.42 Å². The highest BCUT2D eigenvalue weighted by molar-refractivity contribution is 7.89. The highest BCUT2D eigenvalue weighted by Crippen LogP contribution is 2.27. The van der Waals surface area contributed by atoms with Crippen molar-refractivity contribution < 1.29 is 17.9 Å². The fourth-order valence-corrected chi connectivity index (χ4v) is 5.15. The third-order valence-electron chi connectivity index (χ3n) is 4.57. The van der Waals surface area contributed by atoms with E-state index in [4.69, 9.17) is 9.47 Å². The summed E-state index contributed by atoms with van der Waals surface area (Å²) in [5.74, 6) is 0.383. The number of thiophene rings is 1. The summed E-state index contributed by atoms with van der Waals surface area (Å²) >= 11 is 1.62. The zero-order valence-electron chi connectivity index (χ0n) is 15.7. The molecule has 0 saturated carbocycles. The van der Waals surface area contributed by atoms with Crippen molar-refractivity contribution in [1.29, 1.82) is 0 Å². The van der Waals surface area contributed by atoms with Crippen LogP contribution < -0.4 is 9.46 Å². The van der Waals surface area contributed by atoms with Gasteiger partial charge in [0.2, 0.25) is 10.0 Å². The average molecular weight is 411 g/mol. The maximum atomic E-state index is 13.0. The van der Waals surface area contributed by atoms with Gasteiger partial charge in [0, 0.05) is 25.7 Å². The third-order valence-corrected chi connectivity index (χ3v) is 6.72. The van der Waals surface area contributed by atoms with Crippen LogP contribution in [0.3, 0.4) is 0 Å². The molecule has 1 atom stereocenters. The van der Waals surface area contributed by atoms with Crippen LogP contribution in [0.5, 0.6) is 5.75 Å². The van der Waals surface area contributed by atoms with Gasteiger partial charge in [0.15, 0.2) is 0 Å². The summed E-state index contributed by atoms with van der Waals surface area (Å²) in [6, 6.07) is 7.26. The number of ether oxygens (including phenoxy) is 2. The van der Waals surface area contributed by atoms with Crippen molar-refractivity contribution >= 4 is 21.4 Å². The molecule has 1 aliphatic rings. The zero-order chi connectivity index (χ0) is 19.3. The molecule has 0 amide bonds. The third kappa shape index (κ3) is 5.08. The molecule has 1 saturated heterocycles. The summed E-state index contributed by atoms with van der Waals surface area (Å²) in [7, 11) is -3.69. The standard InChI is InChI=1S/C19H26N2O4S2/c1-3-25-18-5-4-15(2)12-19(18)27(22,23)20-13-17(16-6-11-26-14-16)21-7-9-24-10-8-21/h4-6,11-12,14,17,20H,3,7-10,13H2,1-2H3. The molecule has 0 radical (unpaired) electrons. The van der Waals surface area contributed by atoms with E-state index in [-0.39, 0.29) is 10.9 Å². The predicted molar refractivity (Wildman–Crippen MR) is 107 cm³/mol. The number of nitrogens with one attached hydrogen (secondary N) is 1. The van der Waals surface area contributed by atoms with Crippen molar-refractivity contribution in [2.75, 3.05) is 39.5 Å². The van der Waals surface area contributed by atoms with E-state index in [1.54, 1.807) is 23.5 Å².